The number of carbonyl (C=O) groups excluding carboxylic acids is 2. The summed E-state index contributed by atoms with van der Waals surface area (Å²) >= 11 is 1.25. The quantitative estimate of drug-likeness (QED) is 0.796. The van der Waals surface area contributed by atoms with Gasteiger partial charge < -0.3 is 14.7 Å². The molecule has 1 aromatic heterocycles. The van der Waals surface area contributed by atoms with Crippen LogP contribution in [0.25, 0.3) is 0 Å². The van der Waals surface area contributed by atoms with Gasteiger partial charge in [-0.25, -0.2) is 4.39 Å². The second-order valence-corrected chi connectivity index (χ2v) is 7.56. The highest BCUT2D eigenvalue weighted by Crippen LogP contribution is 2.40. The van der Waals surface area contributed by atoms with Crippen molar-refractivity contribution in [2.75, 3.05) is 13.2 Å². The smallest absolute Gasteiger partial charge is 0.290 e. The third-order valence-electron chi connectivity index (χ3n) is 4.90. The molecule has 140 valence electrons. The number of Topliss-reactive ketones (excluding diaryl/α,β-unsaturated/α-hetero) is 1. The van der Waals surface area contributed by atoms with Crippen molar-refractivity contribution >= 4 is 23.0 Å². The van der Waals surface area contributed by atoms with Crippen molar-refractivity contribution in [3.63, 3.8) is 0 Å². The summed E-state index contributed by atoms with van der Waals surface area (Å²) in [5.41, 5.74) is 0.610. The van der Waals surface area contributed by atoms with Crippen LogP contribution in [-0.2, 0) is 9.53 Å². The van der Waals surface area contributed by atoms with Gasteiger partial charge in [0.2, 0.25) is 5.78 Å². The molecule has 2 aromatic rings. The van der Waals surface area contributed by atoms with Crippen molar-refractivity contribution in [1.29, 1.82) is 0 Å². The molecule has 1 fully saturated rings. The zero-order valence-electron chi connectivity index (χ0n) is 14.4. The number of ether oxygens (including phenoxy) is 1. The van der Waals surface area contributed by atoms with E-state index in [2.05, 4.69) is 0 Å². The number of hydrogen-bond donors (Lipinski definition) is 1. The lowest BCUT2D eigenvalue weighted by Crippen LogP contribution is -2.37. The number of thiophene rings is 1. The molecule has 7 heteroatoms. The molecule has 5 nitrogen and oxygen atoms in total. The molecule has 0 saturated carbocycles. The molecule has 0 bridgehead atoms. The van der Waals surface area contributed by atoms with Gasteiger partial charge in [0.1, 0.15) is 5.82 Å². The average molecular weight is 387 g/mol. The molecule has 1 aromatic carbocycles. The molecule has 2 aliphatic heterocycles. The first-order valence-electron chi connectivity index (χ1n) is 8.75. The molecular formula is C20H18FNO4S. The van der Waals surface area contributed by atoms with Crippen LogP contribution < -0.4 is 0 Å². The molecule has 0 radical (unpaired) electrons. The number of halogens is 1. The Labute approximate surface area is 159 Å². The van der Waals surface area contributed by atoms with Gasteiger partial charge in [0.25, 0.3) is 5.91 Å². The monoisotopic (exact) mass is 387 g/mol. The fourth-order valence-corrected chi connectivity index (χ4v) is 4.29. The van der Waals surface area contributed by atoms with Gasteiger partial charge in [0, 0.05) is 13.2 Å². The van der Waals surface area contributed by atoms with E-state index in [4.69, 9.17) is 4.74 Å². The van der Waals surface area contributed by atoms with E-state index in [1.807, 2.05) is 0 Å². The van der Waals surface area contributed by atoms with Crippen molar-refractivity contribution < 1.29 is 23.8 Å². The predicted molar refractivity (Wildman–Crippen MR) is 98.1 cm³/mol. The summed E-state index contributed by atoms with van der Waals surface area (Å²) in [5, 5.41) is 12.3. The molecule has 2 atom stereocenters. The van der Waals surface area contributed by atoms with E-state index in [-0.39, 0.29) is 24.0 Å². The normalized spacial score (nSPS) is 22.7. The third kappa shape index (κ3) is 3.28. The highest BCUT2D eigenvalue weighted by molar-refractivity contribution is 7.12. The zero-order valence-corrected chi connectivity index (χ0v) is 15.2. The minimum atomic E-state index is -0.767. The molecule has 4 rings (SSSR count). The lowest BCUT2D eigenvalue weighted by atomic mass is 9.95. The molecule has 27 heavy (non-hydrogen) atoms. The van der Waals surface area contributed by atoms with E-state index in [0.717, 1.165) is 12.8 Å². The maximum Gasteiger partial charge on any atom is 0.290 e. The number of carbonyl (C=O) groups is 2. The summed E-state index contributed by atoms with van der Waals surface area (Å²) in [6, 6.07) is 8.27. The molecule has 1 amide bonds. The van der Waals surface area contributed by atoms with Gasteiger partial charge in [-0.3, -0.25) is 9.59 Å². The van der Waals surface area contributed by atoms with Crippen LogP contribution in [0.1, 0.15) is 34.1 Å². The van der Waals surface area contributed by atoms with Gasteiger partial charge in [-0.15, -0.1) is 11.3 Å². The third-order valence-corrected chi connectivity index (χ3v) is 5.77. The van der Waals surface area contributed by atoms with Gasteiger partial charge in [-0.05, 0) is 42.0 Å². The number of ketones is 1. The first-order chi connectivity index (χ1) is 13.1. The van der Waals surface area contributed by atoms with Gasteiger partial charge >= 0.3 is 0 Å². The largest absolute Gasteiger partial charge is 0.503 e. The van der Waals surface area contributed by atoms with Crippen molar-refractivity contribution in [1.82, 2.24) is 4.90 Å². The van der Waals surface area contributed by atoms with E-state index >= 15 is 0 Å². The summed E-state index contributed by atoms with van der Waals surface area (Å²) in [7, 11) is 0. The Morgan fingerprint density at radius 3 is 2.70 bits per heavy atom. The van der Waals surface area contributed by atoms with Crippen LogP contribution in [0.3, 0.4) is 0 Å². The maximum atomic E-state index is 13.4. The molecule has 1 N–H and O–H groups in total. The Balaban J connectivity index is 1.75. The summed E-state index contributed by atoms with van der Waals surface area (Å²) < 4.78 is 19.0. The van der Waals surface area contributed by atoms with E-state index in [9.17, 15) is 19.1 Å². The van der Waals surface area contributed by atoms with Crippen LogP contribution in [0.4, 0.5) is 4.39 Å². The standard InChI is InChI=1S/C20H18FNO4S/c21-13-7-5-12(6-8-13)17-16(18(23)15-4-2-10-27-15)19(24)20(25)22(17)11-14-3-1-9-26-14/h2,4-8,10,14,17,24H,1,3,9,11H2/t14-,17-/m1/s1. The highest BCUT2D eigenvalue weighted by Gasteiger charge is 2.45. The summed E-state index contributed by atoms with van der Waals surface area (Å²) in [5.74, 6) is -1.94. The SMILES string of the molecule is O=C(C1=C(O)C(=O)N(C[C@H]2CCCO2)[C@@H]1c1ccc(F)cc1)c1cccs1. The van der Waals surface area contributed by atoms with Crippen molar-refractivity contribution in [3.8, 4) is 0 Å². The molecule has 0 aliphatic carbocycles. The number of aliphatic hydroxyl groups excluding tert-OH is 1. The summed E-state index contributed by atoms with van der Waals surface area (Å²) in [6.07, 6.45) is 1.59. The summed E-state index contributed by atoms with van der Waals surface area (Å²) in [6.45, 7) is 0.903. The Kier molecular flexibility index (Phi) is 4.80. The van der Waals surface area contributed by atoms with Crippen LogP contribution >= 0.6 is 11.3 Å². The molecular weight excluding hydrogens is 369 g/mol. The number of aliphatic hydroxyl groups is 1. The fourth-order valence-electron chi connectivity index (χ4n) is 3.61. The van der Waals surface area contributed by atoms with Crippen molar-refractivity contribution in [2.24, 2.45) is 0 Å². The lowest BCUT2D eigenvalue weighted by Gasteiger charge is -2.28. The second kappa shape index (κ2) is 7.25. The Bertz CT molecular complexity index is 885. The maximum absolute atomic E-state index is 13.4. The minimum absolute atomic E-state index is 0.0343. The van der Waals surface area contributed by atoms with Gasteiger partial charge in [0.05, 0.1) is 22.6 Å². The van der Waals surface area contributed by atoms with E-state index in [0.29, 0.717) is 17.0 Å². The van der Waals surface area contributed by atoms with E-state index < -0.39 is 23.5 Å². The molecule has 0 spiro atoms. The number of nitrogens with zero attached hydrogens (tertiary/aromatic N) is 1. The van der Waals surface area contributed by atoms with Gasteiger partial charge in [-0.2, -0.15) is 0 Å². The fraction of sp³-hybridized carbons (Fsp3) is 0.300. The van der Waals surface area contributed by atoms with Crippen LogP contribution in [0.5, 0.6) is 0 Å². The predicted octanol–water partition coefficient (Wildman–Crippen LogP) is 3.64. The Morgan fingerprint density at radius 1 is 1.30 bits per heavy atom. The van der Waals surface area contributed by atoms with Gasteiger partial charge in [0.15, 0.2) is 5.76 Å². The van der Waals surface area contributed by atoms with Crippen molar-refractivity contribution in [2.45, 2.75) is 25.0 Å². The first-order valence-corrected chi connectivity index (χ1v) is 9.63. The number of amides is 1. The van der Waals surface area contributed by atoms with Crippen LogP contribution in [0.15, 0.2) is 53.1 Å². The van der Waals surface area contributed by atoms with Crippen molar-refractivity contribution in [3.05, 3.63) is 69.4 Å². The molecule has 1 saturated heterocycles. The number of hydrogen-bond acceptors (Lipinski definition) is 5. The Hall–Kier alpha value is -2.51. The second-order valence-electron chi connectivity index (χ2n) is 6.62. The van der Waals surface area contributed by atoms with Crippen LogP contribution in [0, 0.1) is 5.82 Å². The Morgan fingerprint density at radius 2 is 2.07 bits per heavy atom. The minimum Gasteiger partial charge on any atom is -0.503 e. The molecule has 0 unspecified atom stereocenters. The van der Waals surface area contributed by atoms with E-state index in [1.54, 1.807) is 17.5 Å². The van der Waals surface area contributed by atoms with Crippen LogP contribution in [-0.4, -0.2) is 41.0 Å². The van der Waals surface area contributed by atoms with Gasteiger partial charge in [-0.1, -0.05) is 18.2 Å². The summed E-state index contributed by atoms with van der Waals surface area (Å²) in [4.78, 5) is 27.7. The first kappa shape index (κ1) is 17.9. The van der Waals surface area contributed by atoms with E-state index in [1.165, 1.54) is 40.5 Å². The average Bonchev–Trinajstić information content (AvgIpc) is 3.41. The lowest BCUT2D eigenvalue weighted by molar-refractivity contribution is -0.131. The molecule has 3 heterocycles. The number of benzene rings is 1. The highest BCUT2D eigenvalue weighted by atomic mass is 32.1. The topological polar surface area (TPSA) is 66.8 Å². The zero-order chi connectivity index (χ0) is 19.0. The van der Waals surface area contributed by atoms with Crippen LogP contribution in [0.2, 0.25) is 0 Å². The number of rotatable bonds is 5. The molecule has 2 aliphatic rings.